The van der Waals surface area contributed by atoms with E-state index in [0.29, 0.717) is 23.3 Å². The Kier molecular flexibility index (Phi) is 2.94. The van der Waals surface area contributed by atoms with Crippen molar-refractivity contribution >= 4 is 11.7 Å². The van der Waals surface area contributed by atoms with Crippen LogP contribution in [0.3, 0.4) is 0 Å². The van der Waals surface area contributed by atoms with Crippen LogP contribution in [0.4, 0.5) is 5.82 Å². The van der Waals surface area contributed by atoms with Crippen LogP contribution in [-0.2, 0) is 0 Å². The molecule has 4 heteroatoms. The van der Waals surface area contributed by atoms with Crippen LogP contribution in [0, 0.1) is 11.8 Å². The molecular formula is C14H19N3O. The van der Waals surface area contributed by atoms with Crippen molar-refractivity contribution in [1.29, 1.82) is 0 Å². The zero-order valence-electron chi connectivity index (χ0n) is 10.6. The highest BCUT2D eigenvalue weighted by molar-refractivity contribution is 5.98. The van der Waals surface area contributed by atoms with Crippen molar-refractivity contribution in [1.82, 2.24) is 10.3 Å². The maximum atomic E-state index is 12.3. The largest absolute Gasteiger partial charge is 0.372 e. The van der Waals surface area contributed by atoms with Crippen molar-refractivity contribution in [3.05, 3.63) is 23.9 Å². The number of aromatic nitrogens is 1. The van der Waals surface area contributed by atoms with Crippen LogP contribution in [0.25, 0.3) is 0 Å². The van der Waals surface area contributed by atoms with Crippen molar-refractivity contribution < 1.29 is 4.79 Å². The average molecular weight is 245 g/mol. The predicted octanol–water partition coefficient (Wildman–Crippen LogP) is 2.04. The first-order valence-electron chi connectivity index (χ1n) is 6.71. The smallest absolute Gasteiger partial charge is 0.255 e. The monoisotopic (exact) mass is 245 g/mol. The molecule has 18 heavy (non-hydrogen) atoms. The third kappa shape index (κ3) is 1.96. The Morgan fingerprint density at radius 3 is 2.94 bits per heavy atom. The van der Waals surface area contributed by atoms with Crippen LogP contribution in [-0.4, -0.2) is 24.0 Å². The van der Waals surface area contributed by atoms with Gasteiger partial charge in [-0.25, -0.2) is 4.98 Å². The second-order valence-corrected chi connectivity index (χ2v) is 5.40. The maximum Gasteiger partial charge on any atom is 0.255 e. The standard InChI is InChI=1S/C14H19N3O/c1-15-13-11(3-2-6-16-13)14(18)17-12-8-9-4-5-10(12)7-9/h2-3,6,9-10,12H,4-5,7-8H2,1H3,(H,15,16)(H,17,18). The number of carbonyl (C=O) groups excluding carboxylic acids is 1. The molecule has 2 fully saturated rings. The number of anilines is 1. The number of hydrogen-bond donors (Lipinski definition) is 2. The molecular weight excluding hydrogens is 226 g/mol. The Bertz CT molecular complexity index is 460. The van der Waals surface area contributed by atoms with Gasteiger partial charge in [0.25, 0.3) is 5.91 Å². The molecule has 3 atom stereocenters. The lowest BCUT2D eigenvalue weighted by molar-refractivity contribution is 0.0923. The molecule has 1 aromatic rings. The van der Waals surface area contributed by atoms with Gasteiger partial charge in [-0.2, -0.15) is 0 Å². The van der Waals surface area contributed by atoms with E-state index in [4.69, 9.17) is 0 Å². The lowest BCUT2D eigenvalue weighted by Crippen LogP contribution is -2.38. The van der Waals surface area contributed by atoms with Gasteiger partial charge in [-0.3, -0.25) is 4.79 Å². The van der Waals surface area contributed by atoms with Crippen molar-refractivity contribution in [2.45, 2.75) is 31.7 Å². The van der Waals surface area contributed by atoms with Crippen LogP contribution >= 0.6 is 0 Å². The molecule has 2 bridgehead atoms. The van der Waals surface area contributed by atoms with E-state index in [1.54, 1.807) is 19.3 Å². The second-order valence-electron chi connectivity index (χ2n) is 5.40. The van der Waals surface area contributed by atoms with E-state index in [2.05, 4.69) is 15.6 Å². The molecule has 1 heterocycles. The van der Waals surface area contributed by atoms with Gasteiger partial charge in [-0.05, 0) is 43.2 Å². The van der Waals surface area contributed by atoms with Crippen molar-refractivity contribution in [2.75, 3.05) is 12.4 Å². The molecule has 2 N–H and O–H groups in total. The van der Waals surface area contributed by atoms with E-state index < -0.39 is 0 Å². The number of carbonyl (C=O) groups is 1. The quantitative estimate of drug-likeness (QED) is 0.857. The molecule has 0 radical (unpaired) electrons. The Morgan fingerprint density at radius 1 is 1.39 bits per heavy atom. The molecule has 1 aromatic heterocycles. The number of amides is 1. The van der Waals surface area contributed by atoms with Gasteiger partial charge in [0.15, 0.2) is 0 Å². The molecule has 0 spiro atoms. The molecule has 2 saturated carbocycles. The minimum Gasteiger partial charge on any atom is -0.372 e. The van der Waals surface area contributed by atoms with Gasteiger partial charge >= 0.3 is 0 Å². The fourth-order valence-electron chi connectivity index (χ4n) is 3.46. The zero-order valence-corrected chi connectivity index (χ0v) is 10.6. The molecule has 0 saturated heterocycles. The molecule has 4 nitrogen and oxygen atoms in total. The Morgan fingerprint density at radius 2 is 2.28 bits per heavy atom. The van der Waals surface area contributed by atoms with Crippen LogP contribution in [0.5, 0.6) is 0 Å². The van der Waals surface area contributed by atoms with E-state index in [1.807, 2.05) is 6.07 Å². The summed E-state index contributed by atoms with van der Waals surface area (Å²) in [6.07, 6.45) is 6.79. The summed E-state index contributed by atoms with van der Waals surface area (Å²) < 4.78 is 0. The minimum absolute atomic E-state index is 0.00463. The molecule has 1 amide bonds. The molecule has 2 aliphatic carbocycles. The first-order chi connectivity index (χ1) is 8.78. The molecule has 96 valence electrons. The first-order valence-corrected chi connectivity index (χ1v) is 6.71. The summed E-state index contributed by atoms with van der Waals surface area (Å²) in [4.78, 5) is 16.4. The highest BCUT2D eigenvalue weighted by Gasteiger charge is 2.40. The molecule has 2 aliphatic rings. The van der Waals surface area contributed by atoms with Crippen LogP contribution < -0.4 is 10.6 Å². The van der Waals surface area contributed by atoms with Gasteiger partial charge in [0, 0.05) is 19.3 Å². The summed E-state index contributed by atoms with van der Waals surface area (Å²) >= 11 is 0. The van der Waals surface area contributed by atoms with Crippen molar-refractivity contribution in [3.63, 3.8) is 0 Å². The van der Waals surface area contributed by atoms with Crippen LogP contribution in [0.2, 0.25) is 0 Å². The lowest BCUT2D eigenvalue weighted by atomic mass is 9.95. The Hall–Kier alpha value is -1.58. The fraction of sp³-hybridized carbons (Fsp3) is 0.571. The fourth-order valence-corrected chi connectivity index (χ4v) is 3.46. The van der Waals surface area contributed by atoms with Gasteiger partial charge in [0.1, 0.15) is 5.82 Å². The SMILES string of the molecule is CNc1ncccc1C(=O)NC1CC2CCC1C2. The van der Waals surface area contributed by atoms with Gasteiger partial charge in [-0.1, -0.05) is 6.42 Å². The maximum absolute atomic E-state index is 12.3. The van der Waals surface area contributed by atoms with Crippen molar-refractivity contribution in [2.24, 2.45) is 11.8 Å². The third-order valence-corrected chi connectivity index (χ3v) is 4.34. The normalized spacial score (nSPS) is 29.3. The van der Waals surface area contributed by atoms with E-state index >= 15 is 0 Å². The summed E-state index contributed by atoms with van der Waals surface area (Å²) in [7, 11) is 1.79. The second kappa shape index (κ2) is 4.59. The Balaban J connectivity index is 1.71. The zero-order chi connectivity index (χ0) is 12.5. The number of fused-ring (bicyclic) bond motifs is 2. The number of nitrogens with one attached hydrogen (secondary N) is 2. The summed E-state index contributed by atoms with van der Waals surface area (Å²) in [6.45, 7) is 0. The van der Waals surface area contributed by atoms with E-state index in [-0.39, 0.29) is 5.91 Å². The van der Waals surface area contributed by atoms with E-state index in [9.17, 15) is 4.79 Å². The first kappa shape index (κ1) is 11.5. The number of pyridine rings is 1. The Labute approximate surface area is 107 Å². The predicted molar refractivity (Wildman–Crippen MR) is 70.5 cm³/mol. The number of nitrogens with zero attached hydrogens (tertiary/aromatic N) is 1. The molecule has 0 aromatic carbocycles. The highest BCUT2D eigenvalue weighted by Crippen LogP contribution is 2.44. The molecule has 3 rings (SSSR count). The summed E-state index contributed by atoms with van der Waals surface area (Å²) in [6, 6.07) is 4.00. The number of hydrogen-bond acceptors (Lipinski definition) is 3. The topological polar surface area (TPSA) is 54.0 Å². The van der Waals surface area contributed by atoms with Crippen LogP contribution in [0.15, 0.2) is 18.3 Å². The summed E-state index contributed by atoms with van der Waals surface area (Å²) in [5, 5.41) is 6.15. The average Bonchev–Trinajstić information content (AvgIpc) is 3.01. The van der Waals surface area contributed by atoms with E-state index in [1.165, 1.54) is 19.3 Å². The van der Waals surface area contributed by atoms with Gasteiger partial charge in [0.2, 0.25) is 0 Å². The summed E-state index contributed by atoms with van der Waals surface area (Å²) in [5.74, 6) is 2.20. The highest BCUT2D eigenvalue weighted by atomic mass is 16.1. The summed E-state index contributed by atoms with van der Waals surface area (Å²) in [5.41, 5.74) is 0.641. The van der Waals surface area contributed by atoms with Crippen molar-refractivity contribution in [3.8, 4) is 0 Å². The van der Waals surface area contributed by atoms with Gasteiger partial charge in [-0.15, -0.1) is 0 Å². The third-order valence-electron chi connectivity index (χ3n) is 4.34. The molecule has 0 aliphatic heterocycles. The van der Waals surface area contributed by atoms with E-state index in [0.717, 1.165) is 12.3 Å². The minimum atomic E-state index is 0.00463. The van der Waals surface area contributed by atoms with Gasteiger partial charge < -0.3 is 10.6 Å². The van der Waals surface area contributed by atoms with Crippen LogP contribution in [0.1, 0.15) is 36.0 Å². The number of rotatable bonds is 3. The molecule has 3 unspecified atom stereocenters. The lowest BCUT2D eigenvalue weighted by Gasteiger charge is -2.23. The van der Waals surface area contributed by atoms with Gasteiger partial charge in [0.05, 0.1) is 5.56 Å².